The number of nitrogens with zero attached hydrogens (tertiary/aromatic N) is 4. The Morgan fingerprint density at radius 2 is 1.86 bits per heavy atom. The van der Waals surface area contributed by atoms with Crippen molar-refractivity contribution in [2.75, 3.05) is 5.32 Å². The van der Waals surface area contributed by atoms with Crippen LogP contribution in [0.5, 0.6) is 0 Å². The fraction of sp³-hybridized carbons (Fsp3) is 0.273. The number of carbonyl (C=O) groups excluding carboxylic acids is 1. The second-order valence-corrected chi connectivity index (χ2v) is 8.89. The van der Waals surface area contributed by atoms with E-state index in [0.717, 1.165) is 33.5 Å². The number of nitrogens with one attached hydrogen (secondary N) is 1. The molecule has 148 valence electrons. The number of aromatic nitrogens is 4. The molecule has 0 atom stereocenters. The number of fused-ring (bicyclic) bond motifs is 1. The number of anilines is 1. The zero-order valence-electron chi connectivity index (χ0n) is 16.9. The lowest BCUT2D eigenvalue weighted by Crippen LogP contribution is -2.14. The van der Waals surface area contributed by atoms with E-state index in [0.29, 0.717) is 5.56 Å². The maximum Gasteiger partial charge on any atom is 0.255 e. The van der Waals surface area contributed by atoms with Crippen LogP contribution in [0.1, 0.15) is 49.4 Å². The highest BCUT2D eigenvalue weighted by atomic mass is 32.1. The topological polar surface area (TPSA) is 72.2 Å². The first-order chi connectivity index (χ1) is 13.8. The van der Waals surface area contributed by atoms with Gasteiger partial charge in [-0.3, -0.25) is 4.79 Å². The summed E-state index contributed by atoms with van der Waals surface area (Å²) in [6.07, 6.45) is 0.772. The Bertz CT molecular complexity index is 1170. The Balaban J connectivity index is 1.55. The molecule has 0 aliphatic heterocycles. The minimum atomic E-state index is -0.131. The number of hydrogen-bond donors (Lipinski definition) is 1. The van der Waals surface area contributed by atoms with Gasteiger partial charge < -0.3 is 5.32 Å². The van der Waals surface area contributed by atoms with Gasteiger partial charge >= 0.3 is 0 Å². The highest BCUT2D eigenvalue weighted by Gasteiger charge is 2.15. The standard InChI is InChI=1S/C22H23N5OS/c1-5-18-24-25-21-27(18)26-20(29-21)15-7-6-8-17(13-15)23-19(28)14-9-11-16(12-10-14)22(2,3)4/h6-13H,5H2,1-4H3,(H,23,28). The molecule has 0 aliphatic carbocycles. The molecule has 4 rings (SSSR count). The zero-order valence-corrected chi connectivity index (χ0v) is 17.7. The van der Waals surface area contributed by atoms with E-state index in [1.54, 1.807) is 4.52 Å². The van der Waals surface area contributed by atoms with Crippen LogP contribution in [0.25, 0.3) is 15.5 Å². The van der Waals surface area contributed by atoms with Crippen molar-refractivity contribution in [3.05, 3.63) is 65.5 Å². The van der Waals surface area contributed by atoms with Gasteiger partial charge in [0, 0.05) is 23.2 Å². The van der Waals surface area contributed by atoms with Crippen LogP contribution in [0, 0.1) is 0 Å². The van der Waals surface area contributed by atoms with Crippen LogP contribution in [0.4, 0.5) is 5.69 Å². The molecule has 2 aromatic carbocycles. The summed E-state index contributed by atoms with van der Waals surface area (Å²) < 4.78 is 1.78. The van der Waals surface area contributed by atoms with Crippen LogP contribution >= 0.6 is 11.3 Å². The van der Waals surface area contributed by atoms with Crippen LogP contribution in [0.2, 0.25) is 0 Å². The van der Waals surface area contributed by atoms with Crippen molar-refractivity contribution < 1.29 is 4.79 Å². The molecule has 0 aliphatic rings. The third kappa shape index (κ3) is 3.91. The van der Waals surface area contributed by atoms with Crippen molar-refractivity contribution in [1.29, 1.82) is 0 Å². The Morgan fingerprint density at radius 3 is 2.55 bits per heavy atom. The monoisotopic (exact) mass is 405 g/mol. The fourth-order valence-electron chi connectivity index (χ4n) is 3.05. The van der Waals surface area contributed by atoms with E-state index in [-0.39, 0.29) is 11.3 Å². The molecule has 7 heteroatoms. The van der Waals surface area contributed by atoms with Crippen molar-refractivity contribution in [1.82, 2.24) is 19.8 Å². The van der Waals surface area contributed by atoms with Gasteiger partial charge in [0.05, 0.1) is 0 Å². The van der Waals surface area contributed by atoms with Crippen molar-refractivity contribution in [3.63, 3.8) is 0 Å². The molecule has 0 radical (unpaired) electrons. The Labute approximate surface area is 173 Å². The van der Waals surface area contributed by atoms with E-state index in [9.17, 15) is 4.79 Å². The van der Waals surface area contributed by atoms with Gasteiger partial charge in [-0.25, -0.2) is 0 Å². The van der Waals surface area contributed by atoms with Crippen molar-refractivity contribution in [3.8, 4) is 10.6 Å². The van der Waals surface area contributed by atoms with E-state index < -0.39 is 0 Å². The second-order valence-electron chi connectivity index (χ2n) is 7.93. The Morgan fingerprint density at radius 1 is 1.10 bits per heavy atom. The first-order valence-corrected chi connectivity index (χ1v) is 10.4. The average molecular weight is 406 g/mol. The summed E-state index contributed by atoms with van der Waals surface area (Å²) in [7, 11) is 0. The van der Waals surface area contributed by atoms with Crippen molar-refractivity contribution in [2.45, 2.75) is 39.5 Å². The van der Waals surface area contributed by atoms with Crippen LogP contribution in [0.15, 0.2) is 48.5 Å². The molecular formula is C22H23N5OS. The van der Waals surface area contributed by atoms with Gasteiger partial charge in [0.15, 0.2) is 5.82 Å². The van der Waals surface area contributed by atoms with Crippen molar-refractivity contribution >= 4 is 27.9 Å². The summed E-state index contributed by atoms with van der Waals surface area (Å²) in [5, 5.41) is 16.7. The van der Waals surface area contributed by atoms with Crippen LogP contribution in [-0.2, 0) is 11.8 Å². The molecule has 0 saturated carbocycles. The molecule has 2 heterocycles. The number of aryl methyl sites for hydroxylation is 1. The smallest absolute Gasteiger partial charge is 0.255 e. The van der Waals surface area contributed by atoms with E-state index in [4.69, 9.17) is 0 Å². The Hall–Kier alpha value is -3.06. The quantitative estimate of drug-likeness (QED) is 0.521. The molecular weight excluding hydrogens is 382 g/mol. The molecule has 1 amide bonds. The van der Waals surface area contributed by atoms with Crippen molar-refractivity contribution in [2.24, 2.45) is 0 Å². The normalized spacial score (nSPS) is 11.7. The zero-order chi connectivity index (χ0) is 20.6. The summed E-state index contributed by atoms with van der Waals surface area (Å²) >= 11 is 1.48. The van der Waals surface area contributed by atoms with Gasteiger partial charge in [-0.2, -0.15) is 9.61 Å². The number of hydrogen-bond acceptors (Lipinski definition) is 5. The number of benzene rings is 2. The lowest BCUT2D eigenvalue weighted by Gasteiger charge is -2.19. The molecule has 6 nitrogen and oxygen atoms in total. The SMILES string of the molecule is CCc1nnc2sc(-c3cccc(NC(=O)c4ccc(C(C)(C)C)cc4)c3)nn12. The van der Waals surface area contributed by atoms with Gasteiger partial charge in [-0.15, -0.1) is 10.2 Å². The predicted octanol–water partition coefficient (Wildman–Crippen LogP) is 4.97. The first-order valence-electron chi connectivity index (χ1n) is 9.58. The molecule has 0 saturated heterocycles. The van der Waals surface area contributed by atoms with E-state index in [2.05, 4.69) is 41.4 Å². The van der Waals surface area contributed by atoms with Gasteiger partial charge in [0.25, 0.3) is 5.91 Å². The van der Waals surface area contributed by atoms with Gasteiger partial charge in [-0.1, -0.05) is 63.3 Å². The number of carbonyl (C=O) groups is 1. The number of amides is 1. The highest BCUT2D eigenvalue weighted by Crippen LogP contribution is 2.28. The second kappa shape index (κ2) is 7.40. The predicted molar refractivity (Wildman–Crippen MR) is 117 cm³/mol. The summed E-state index contributed by atoms with van der Waals surface area (Å²) in [5.41, 5.74) is 3.56. The minimum Gasteiger partial charge on any atom is -0.322 e. The largest absolute Gasteiger partial charge is 0.322 e. The maximum absolute atomic E-state index is 12.7. The molecule has 0 unspecified atom stereocenters. The van der Waals surface area contributed by atoms with Crippen LogP contribution in [-0.4, -0.2) is 25.7 Å². The lowest BCUT2D eigenvalue weighted by atomic mass is 9.87. The molecule has 0 fully saturated rings. The molecule has 4 aromatic rings. The van der Waals surface area contributed by atoms with Gasteiger partial charge in [0.2, 0.25) is 4.96 Å². The molecule has 0 spiro atoms. The van der Waals surface area contributed by atoms with Crippen LogP contribution in [0.3, 0.4) is 0 Å². The summed E-state index contributed by atoms with van der Waals surface area (Å²) in [6.45, 7) is 8.49. The van der Waals surface area contributed by atoms with E-state index in [1.165, 1.54) is 16.9 Å². The summed E-state index contributed by atoms with van der Waals surface area (Å²) in [5.74, 6) is 0.708. The highest BCUT2D eigenvalue weighted by molar-refractivity contribution is 7.19. The van der Waals surface area contributed by atoms with E-state index >= 15 is 0 Å². The molecule has 29 heavy (non-hydrogen) atoms. The third-order valence-corrected chi connectivity index (χ3v) is 5.70. The first kappa shape index (κ1) is 19.3. The van der Waals surface area contributed by atoms with E-state index in [1.807, 2.05) is 55.5 Å². The van der Waals surface area contributed by atoms with Crippen LogP contribution < -0.4 is 5.32 Å². The molecule has 0 bridgehead atoms. The summed E-state index contributed by atoms with van der Waals surface area (Å²) in [6, 6.07) is 15.5. The maximum atomic E-state index is 12.7. The summed E-state index contributed by atoms with van der Waals surface area (Å²) in [4.78, 5) is 13.4. The third-order valence-electron chi connectivity index (χ3n) is 4.75. The fourth-order valence-corrected chi connectivity index (χ4v) is 3.90. The van der Waals surface area contributed by atoms with Gasteiger partial charge in [0.1, 0.15) is 5.01 Å². The average Bonchev–Trinajstić information content (AvgIpc) is 3.28. The molecule has 2 aromatic heterocycles. The Kier molecular flexibility index (Phi) is 4.92. The van der Waals surface area contributed by atoms with Gasteiger partial charge in [-0.05, 0) is 35.2 Å². The number of rotatable bonds is 4. The molecule has 1 N–H and O–H groups in total. The minimum absolute atomic E-state index is 0.0595. The lowest BCUT2D eigenvalue weighted by molar-refractivity contribution is 0.102.